The molecular weight excluding hydrogens is 526 g/mol. The van der Waals surface area contributed by atoms with Crippen molar-refractivity contribution in [3.63, 3.8) is 0 Å². The van der Waals surface area contributed by atoms with Gasteiger partial charge in [0.2, 0.25) is 5.91 Å². The van der Waals surface area contributed by atoms with Crippen LogP contribution in [-0.4, -0.2) is 57.2 Å². The standard InChI is InChI=1S/C23H29FN4O3.HI/c1-28(2)22(29)10-12-26-23(25-11-9-17-5-3-6-18(24)15-17)27-19-7-8-20-21(16-19)31-14-4-13-30-20;/h3,5-8,15-16H,4,9-14H2,1-2H3,(H2,25,26,27);1H. The van der Waals surface area contributed by atoms with Crippen molar-refractivity contribution >= 4 is 41.5 Å². The molecule has 0 aliphatic carbocycles. The van der Waals surface area contributed by atoms with E-state index in [2.05, 4.69) is 15.6 Å². The first-order chi connectivity index (χ1) is 15.0. The molecule has 0 saturated carbocycles. The molecule has 0 fully saturated rings. The first-order valence-electron chi connectivity index (χ1n) is 10.4. The Bertz CT molecular complexity index is 924. The molecule has 2 aromatic rings. The Morgan fingerprint density at radius 2 is 1.91 bits per heavy atom. The lowest BCUT2D eigenvalue weighted by molar-refractivity contribution is -0.128. The van der Waals surface area contributed by atoms with Crippen LogP contribution in [0.5, 0.6) is 11.5 Å². The number of nitrogens with one attached hydrogen (secondary N) is 2. The van der Waals surface area contributed by atoms with Crippen LogP contribution in [0.3, 0.4) is 0 Å². The molecular formula is C23H30FIN4O3. The second kappa shape index (κ2) is 13.1. The number of ether oxygens (including phenoxy) is 2. The second-order valence-corrected chi connectivity index (χ2v) is 7.41. The summed E-state index contributed by atoms with van der Waals surface area (Å²) in [5.41, 5.74) is 1.69. The van der Waals surface area contributed by atoms with Crippen LogP contribution in [0.2, 0.25) is 0 Å². The lowest BCUT2D eigenvalue weighted by atomic mass is 10.1. The minimum absolute atomic E-state index is 0. The van der Waals surface area contributed by atoms with Gasteiger partial charge in [0.1, 0.15) is 5.82 Å². The Hall–Kier alpha value is -2.56. The molecule has 32 heavy (non-hydrogen) atoms. The Labute approximate surface area is 205 Å². The Morgan fingerprint density at radius 1 is 1.12 bits per heavy atom. The van der Waals surface area contributed by atoms with Gasteiger partial charge < -0.3 is 25.0 Å². The number of carbonyl (C=O) groups is 1. The summed E-state index contributed by atoms with van der Waals surface area (Å²) in [5.74, 6) is 1.70. The number of hydrogen-bond donors (Lipinski definition) is 2. The molecule has 3 rings (SSSR count). The Morgan fingerprint density at radius 3 is 2.66 bits per heavy atom. The van der Waals surface area contributed by atoms with Gasteiger partial charge >= 0.3 is 0 Å². The molecule has 0 unspecified atom stereocenters. The van der Waals surface area contributed by atoms with E-state index in [-0.39, 0.29) is 35.7 Å². The third-order valence-corrected chi connectivity index (χ3v) is 4.70. The van der Waals surface area contributed by atoms with E-state index in [9.17, 15) is 9.18 Å². The molecule has 0 atom stereocenters. The number of benzene rings is 2. The third-order valence-electron chi connectivity index (χ3n) is 4.70. The van der Waals surface area contributed by atoms with Crippen molar-refractivity contribution in [2.24, 2.45) is 4.99 Å². The number of amides is 1. The summed E-state index contributed by atoms with van der Waals surface area (Å²) in [6.45, 7) is 2.14. The Kier molecular flexibility index (Phi) is 10.5. The van der Waals surface area contributed by atoms with Crippen LogP contribution < -0.4 is 20.1 Å². The van der Waals surface area contributed by atoms with Gasteiger partial charge in [0.25, 0.3) is 0 Å². The average Bonchev–Trinajstić information content (AvgIpc) is 2.98. The van der Waals surface area contributed by atoms with Crippen LogP contribution in [0.4, 0.5) is 10.1 Å². The van der Waals surface area contributed by atoms with Gasteiger partial charge in [0.15, 0.2) is 17.5 Å². The molecule has 1 heterocycles. The van der Waals surface area contributed by atoms with Gasteiger partial charge in [0, 0.05) is 45.2 Å². The maximum atomic E-state index is 13.4. The van der Waals surface area contributed by atoms with Crippen LogP contribution in [0, 0.1) is 5.82 Å². The summed E-state index contributed by atoms with van der Waals surface area (Å²) in [6.07, 6.45) is 1.78. The molecule has 0 saturated heterocycles. The summed E-state index contributed by atoms with van der Waals surface area (Å²) in [7, 11) is 3.44. The van der Waals surface area contributed by atoms with Crippen molar-refractivity contribution in [1.82, 2.24) is 10.2 Å². The van der Waals surface area contributed by atoms with Gasteiger partial charge in [-0.2, -0.15) is 0 Å². The van der Waals surface area contributed by atoms with Crippen LogP contribution in [0.25, 0.3) is 0 Å². The van der Waals surface area contributed by atoms with Crippen molar-refractivity contribution < 1.29 is 18.7 Å². The van der Waals surface area contributed by atoms with Crippen LogP contribution in [-0.2, 0) is 11.2 Å². The summed E-state index contributed by atoms with van der Waals surface area (Å²) in [5, 5.41) is 6.51. The van der Waals surface area contributed by atoms with E-state index in [0.717, 1.165) is 23.4 Å². The lowest BCUT2D eigenvalue weighted by Gasteiger charge is -2.15. The molecule has 1 amide bonds. The van der Waals surface area contributed by atoms with Gasteiger partial charge in [-0.1, -0.05) is 12.1 Å². The van der Waals surface area contributed by atoms with E-state index < -0.39 is 0 Å². The highest BCUT2D eigenvalue weighted by molar-refractivity contribution is 14.0. The van der Waals surface area contributed by atoms with Crippen molar-refractivity contribution in [2.75, 3.05) is 45.7 Å². The number of fused-ring (bicyclic) bond motifs is 1. The van der Waals surface area contributed by atoms with Gasteiger partial charge in [-0.05, 0) is 36.2 Å². The van der Waals surface area contributed by atoms with Crippen molar-refractivity contribution in [2.45, 2.75) is 19.3 Å². The van der Waals surface area contributed by atoms with E-state index in [1.165, 1.54) is 12.1 Å². The van der Waals surface area contributed by atoms with E-state index in [1.807, 2.05) is 24.3 Å². The molecule has 0 aromatic heterocycles. The molecule has 174 valence electrons. The smallest absolute Gasteiger partial charge is 0.223 e. The first kappa shape index (κ1) is 25.7. The normalized spacial score (nSPS) is 12.9. The summed E-state index contributed by atoms with van der Waals surface area (Å²) in [4.78, 5) is 17.9. The molecule has 2 N–H and O–H groups in total. The number of halogens is 2. The second-order valence-electron chi connectivity index (χ2n) is 7.41. The maximum Gasteiger partial charge on any atom is 0.223 e. The monoisotopic (exact) mass is 556 g/mol. The number of aliphatic imine (C=N–C) groups is 1. The highest BCUT2D eigenvalue weighted by atomic mass is 127. The fourth-order valence-electron chi connectivity index (χ4n) is 3.02. The van der Waals surface area contributed by atoms with Crippen LogP contribution in [0.15, 0.2) is 47.5 Å². The van der Waals surface area contributed by atoms with Crippen LogP contribution >= 0.6 is 24.0 Å². The molecule has 1 aliphatic rings. The zero-order valence-corrected chi connectivity index (χ0v) is 20.7. The molecule has 9 heteroatoms. The van der Waals surface area contributed by atoms with Gasteiger partial charge in [0.05, 0.1) is 19.8 Å². The number of nitrogens with zero attached hydrogens (tertiary/aromatic N) is 2. The summed E-state index contributed by atoms with van der Waals surface area (Å²) >= 11 is 0. The highest BCUT2D eigenvalue weighted by Gasteiger charge is 2.12. The van der Waals surface area contributed by atoms with Gasteiger partial charge in [-0.3, -0.25) is 9.79 Å². The average molecular weight is 556 g/mol. The lowest BCUT2D eigenvalue weighted by Crippen LogP contribution is -2.33. The maximum absolute atomic E-state index is 13.4. The fraction of sp³-hybridized carbons (Fsp3) is 0.391. The van der Waals surface area contributed by atoms with Crippen molar-refractivity contribution in [1.29, 1.82) is 0 Å². The Balaban J connectivity index is 0.00000363. The predicted octanol–water partition coefficient (Wildman–Crippen LogP) is 3.68. The molecule has 2 aromatic carbocycles. The minimum atomic E-state index is -0.251. The molecule has 0 radical (unpaired) electrons. The van der Waals surface area contributed by atoms with Crippen molar-refractivity contribution in [3.8, 4) is 11.5 Å². The zero-order chi connectivity index (χ0) is 22.1. The van der Waals surface area contributed by atoms with E-state index in [1.54, 1.807) is 25.1 Å². The number of carbonyl (C=O) groups excluding carboxylic acids is 1. The topological polar surface area (TPSA) is 75.2 Å². The largest absolute Gasteiger partial charge is 0.490 e. The van der Waals surface area contributed by atoms with Gasteiger partial charge in [-0.15, -0.1) is 24.0 Å². The summed E-state index contributed by atoms with van der Waals surface area (Å²) < 4.78 is 24.8. The van der Waals surface area contributed by atoms with E-state index in [4.69, 9.17) is 9.47 Å². The van der Waals surface area contributed by atoms with Crippen molar-refractivity contribution in [3.05, 3.63) is 53.8 Å². The number of hydrogen-bond acceptors (Lipinski definition) is 4. The molecule has 7 nitrogen and oxygen atoms in total. The number of rotatable bonds is 7. The number of guanidine groups is 1. The quantitative estimate of drug-likeness (QED) is 0.309. The molecule has 0 bridgehead atoms. The summed E-state index contributed by atoms with van der Waals surface area (Å²) in [6, 6.07) is 12.2. The minimum Gasteiger partial charge on any atom is -0.490 e. The van der Waals surface area contributed by atoms with Crippen LogP contribution in [0.1, 0.15) is 18.4 Å². The van der Waals surface area contributed by atoms with E-state index in [0.29, 0.717) is 50.9 Å². The third kappa shape index (κ3) is 8.18. The SMILES string of the molecule is CN(C)C(=O)CCN=C(NCCc1cccc(F)c1)Nc1ccc2c(c1)OCCCO2.I. The highest BCUT2D eigenvalue weighted by Crippen LogP contribution is 2.32. The number of anilines is 1. The molecule has 0 spiro atoms. The van der Waals surface area contributed by atoms with Gasteiger partial charge in [-0.25, -0.2) is 4.39 Å². The van der Waals surface area contributed by atoms with E-state index >= 15 is 0 Å². The predicted molar refractivity (Wildman–Crippen MR) is 135 cm³/mol. The fourth-order valence-corrected chi connectivity index (χ4v) is 3.02. The zero-order valence-electron chi connectivity index (χ0n) is 18.4. The molecule has 1 aliphatic heterocycles. The first-order valence-corrected chi connectivity index (χ1v) is 10.4.